The van der Waals surface area contributed by atoms with Crippen molar-refractivity contribution in [2.45, 2.75) is 6.18 Å². The first-order chi connectivity index (χ1) is 17.2. The summed E-state index contributed by atoms with van der Waals surface area (Å²) in [5.41, 5.74) is 1.59. The van der Waals surface area contributed by atoms with Gasteiger partial charge in [-0.25, -0.2) is 9.59 Å². The molecule has 8 nitrogen and oxygen atoms in total. The molecule has 1 saturated heterocycles. The summed E-state index contributed by atoms with van der Waals surface area (Å²) in [6.45, 7) is 2.38. The van der Waals surface area contributed by atoms with Crippen molar-refractivity contribution in [1.82, 2.24) is 0 Å². The van der Waals surface area contributed by atoms with Crippen LogP contribution < -0.4 is 14.7 Å². The molecular weight excluding hydrogens is 479 g/mol. The molecule has 0 amide bonds. The Morgan fingerprint density at radius 2 is 1.42 bits per heavy atom. The fourth-order valence-corrected chi connectivity index (χ4v) is 4.29. The summed E-state index contributed by atoms with van der Waals surface area (Å²) in [5.74, 6) is -1.34. The monoisotopic (exact) mass is 505 g/mol. The molecule has 2 aromatic carbocycles. The summed E-state index contributed by atoms with van der Waals surface area (Å²) in [4.78, 5) is 30.3. The summed E-state index contributed by atoms with van der Waals surface area (Å²) in [7, 11) is 2.46. The molecule has 0 bridgehead atoms. The number of esters is 2. The SMILES string of the molecule is COC(=O)C1=C(C(=O)OC)N(c2ccc(N3CCN(c4cccc(C(F)(F)F)c4)CC3)cc2)COC1. The molecule has 0 spiro atoms. The molecule has 4 rings (SSSR count). The lowest BCUT2D eigenvalue weighted by Crippen LogP contribution is -2.46. The highest BCUT2D eigenvalue weighted by molar-refractivity contribution is 6.03. The first kappa shape index (κ1) is 25.4. The van der Waals surface area contributed by atoms with Crippen LogP contribution in [0.25, 0.3) is 0 Å². The van der Waals surface area contributed by atoms with Gasteiger partial charge in [-0.2, -0.15) is 13.2 Å². The van der Waals surface area contributed by atoms with Crippen LogP contribution in [0.1, 0.15) is 5.56 Å². The van der Waals surface area contributed by atoms with Gasteiger partial charge < -0.3 is 28.9 Å². The third-order valence-electron chi connectivity index (χ3n) is 6.18. The number of ether oxygens (including phenoxy) is 3. The van der Waals surface area contributed by atoms with Gasteiger partial charge >= 0.3 is 18.1 Å². The number of nitrogens with zero attached hydrogens (tertiary/aromatic N) is 3. The molecule has 192 valence electrons. The average molecular weight is 505 g/mol. The molecule has 11 heteroatoms. The second-order valence-corrected chi connectivity index (χ2v) is 8.25. The lowest BCUT2D eigenvalue weighted by Gasteiger charge is -2.38. The number of methoxy groups -OCH3 is 2. The molecule has 0 radical (unpaired) electrons. The van der Waals surface area contributed by atoms with E-state index in [0.717, 1.165) is 11.8 Å². The molecule has 2 aliphatic heterocycles. The highest BCUT2D eigenvalue weighted by Gasteiger charge is 2.33. The first-order valence-electron chi connectivity index (χ1n) is 11.2. The van der Waals surface area contributed by atoms with Crippen molar-refractivity contribution in [2.24, 2.45) is 0 Å². The smallest absolute Gasteiger partial charge is 0.416 e. The van der Waals surface area contributed by atoms with Gasteiger partial charge in [-0.05, 0) is 42.5 Å². The molecule has 2 aromatic rings. The maximum Gasteiger partial charge on any atom is 0.416 e. The molecule has 2 heterocycles. The fraction of sp³-hybridized carbons (Fsp3) is 0.360. The van der Waals surface area contributed by atoms with Gasteiger partial charge in [0.2, 0.25) is 0 Å². The van der Waals surface area contributed by atoms with Gasteiger partial charge in [-0.1, -0.05) is 6.07 Å². The predicted octanol–water partition coefficient (Wildman–Crippen LogP) is 3.43. The van der Waals surface area contributed by atoms with Gasteiger partial charge in [-0.3, -0.25) is 0 Å². The molecule has 0 atom stereocenters. The topological polar surface area (TPSA) is 71.6 Å². The van der Waals surface area contributed by atoms with Crippen LogP contribution in [0.2, 0.25) is 0 Å². The fourth-order valence-electron chi connectivity index (χ4n) is 4.29. The number of hydrogen-bond acceptors (Lipinski definition) is 8. The Labute approximate surface area is 206 Å². The van der Waals surface area contributed by atoms with Crippen LogP contribution in [-0.2, 0) is 30.0 Å². The average Bonchev–Trinajstić information content (AvgIpc) is 2.91. The highest BCUT2D eigenvalue weighted by atomic mass is 19.4. The van der Waals surface area contributed by atoms with E-state index in [1.54, 1.807) is 23.1 Å². The molecule has 1 fully saturated rings. The lowest BCUT2D eigenvalue weighted by molar-refractivity contribution is -0.140. The van der Waals surface area contributed by atoms with Crippen molar-refractivity contribution in [3.63, 3.8) is 0 Å². The number of rotatable bonds is 5. The van der Waals surface area contributed by atoms with Crippen LogP contribution in [0, 0.1) is 0 Å². The second kappa shape index (κ2) is 10.5. The number of halogens is 3. The predicted molar refractivity (Wildman–Crippen MR) is 127 cm³/mol. The minimum absolute atomic E-state index is 0.0555. The third kappa shape index (κ3) is 5.25. The van der Waals surface area contributed by atoms with Gasteiger partial charge in [0.25, 0.3) is 0 Å². The van der Waals surface area contributed by atoms with Gasteiger partial charge in [0.1, 0.15) is 12.4 Å². The molecule has 2 aliphatic rings. The zero-order chi connectivity index (χ0) is 25.9. The molecule has 36 heavy (non-hydrogen) atoms. The number of benzene rings is 2. The van der Waals surface area contributed by atoms with Crippen molar-refractivity contribution < 1.29 is 37.0 Å². The minimum atomic E-state index is -4.38. The Hall–Kier alpha value is -3.73. The van der Waals surface area contributed by atoms with E-state index in [4.69, 9.17) is 14.2 Å². The van der Waals surface area contributed by atoms with Crippen molar-refractivity contribution in [3.05, 3.63) is 65.4 Å². The van der Waals surface area contributed by atoms with E-state index in [-0.39, 0.29) is 24.6 Å². The van der Waals surface area contributed by atoms with E-state index in [9.17, 15) is 22.8 Å². The van der Waals surface area contributed by atoms with E-state index in [1.807, 2.05) is 17.0 Å². The summed E-state index contributed by atoms with van der Waals surface area (Å²) in [6.07, 6.45) is -4.38. The molecule has 0 saturated carbocycles. The summed E-state index contributed by atoms with van der Waals surface area (Å²) in [6, 6.07) is 12.8. The molecule has 0 aromatic heterocycles. The van der Waals surface area contributed by atoms with Gasteiger partial charge in [0.05, 0.1) is 32.0 Å². The number of hydrogen-bond donors (Lipinski definition) is 0. The maximum atomic E-state index is 13.1. The van der Waals surface area contributed by atoms with E-state index in [2.05, 4.69) is 4.90 Å². The number of carbonyl (C=O) groups is 2. The van der Waals surface area contributed by atoms with Gasteiger partial charge in [0.15, 0.2) is 0 Å². The van der Waals surface area contributed by atoms with Crippen molar-refractivity contribution in [3.8, 4) is 0 Å². The van der Waals surface area contributed by atoms with Crippen LogP contribution in [0.5, 0.6) is 0 Å². The van der Waals surface area contributed by atoms with Gasteiger partial charge in [0, 0.05) is 43.2 Å². The summed E-state index contributed by atoms with van der Waals surface area (Å²) in [5, 5.41) is 0. The summed E-state index contributed by atoms with van der Waals surface area (Å²) >= 11 is 0. The van der Waals surface area contributed by atoms with Gasteiger partial charge in [-0.15, -0.1) is 0 Å². The Morgan fingerprint density at radius 3 is 2.00 bits per heavy atom. The zero-order valence-corrected chi connectivity index (χ0v) is 19.9. The highest BCUT2D eigenvalue weighted by Crippen LogP contribution is 2.33. The van der Waals surface area contributed by atoms with Crippen molar-refractivity contribution in [1.29, 1.82) is 0 Å². The normalized spacial score (nSPS) is 16.8. The van der Waals surface area contributed by atoms with Crippen molar-refractivity contribution >= 4 is 29.0 Å². The van der Waals surface area contributed by atoms with Crippen molar-refractivity contribution in [2.75, 3.05) is 68.4 Å². The number of alkyl halides is 3. The van der Waals surface area contributed by atoms with Crippen LogP contribution in [0.4, 0.5) is 30.2 Å². The summed E-state index contributed by atoms with van der Waals surface area (Å²) < 4.78 is 54.4. The maximum absolute atomic E-state index is 13.1. The Kier molecular flexibility index (Phi) is 7.39. The molecule has 0 unspecified atom stereocenters. The lowest BCUT2D eigenvalue weighted by atomic mass is 10.1. The Bertz CT molecular complexity index is 1140. The van der Waals surface area contributed by atoms with Crippen LogP contribution in [0.3, 0.4) is 0 Å². The number of anilines is 3. The van der Waals surface area contributed by atoms with E-state index < -0.39 is 23.7 Å². The zero-order valence-electron chi connectivity index (χ0n) is 19.9. The number of carbonyl (C=O) groups excluding carboxylic acids is 2. The molecule has 0 aliphatic carbocycles. The number of piperazine rings is 1. The Morgan fingerprint density at radius 1 is 0.833 bits per heavy atom. The van der Waals surface area contributed by atoms with Crippen LogP contribution >= 0.6 is 0 Å². The quantitative estimate of drug-likeness (QED) is 0.573. The van der Waals surface area contributed by atoms with E-state index >= 15 is 0 Å². The molecular formula is C25H26F3N3O5. The first-order valence-corrected chi connectivity index (χ1v) is 11.2. The standard InChI is InChI=1S/C25H26F3N3O5/c1-34-23(32)21-15-36-16-31(22(21)24(33)35-2)19-8-6-18(7-9-19)29-10-12-30(13-11-29)20-5-3-4-17(14-20)25(26,27)28/h3-9,14H,10-13,15-16H2,1-2H3. The minimum Gasteiger partial charge on any atom is -0.466 e. The largest absolute Gasteiger partial charge is 0.466 e. The third-order valence-corrected chi connectivity index (χ3v) is 6.18. The van der Waals surface area contributed by atoms with E-state index in [1.165, 1.54) is 26.4 Å². The van der Waals surface area contributed by atoms with Crippen LogP contribution in [0.15, 0.2) is 59.8 Å². The Balaban J connectivity index is 1.47. The molecule has 0 N–H and O–H groups in total. The van der Waals surface area contributed by atoms with Crippen LogP contribution in [-0.4, -0.2) is 65.7 Å². The second-order valence-electron chi connectivity index (χ2n) is 8.25. The van der Waals surface area contributed by atoms with E-state index in [0.29, 0.717) is 37.6 Å².